The molecular formula is C11H14FN3O3. The maximum absolute atomic E-state index is 12.4. The van der Waals surface area contributed by atoms with Crippen LogP contribution >= 0.6 is 0 Å². The minimum atomic E-state index is -1.00. The standard InChI is InChI=1S/C11H14FN3O3/c1-6(12)10(16)13-5-8-3-4-9(17-8)11-14-7(2)15-18-11/h8-9H,1,3-5H2,2H3,(H,13,16)/t8-,9+/m1/s1. The molecule has 0 unspecified atom stereocenters. The van der Waals surface area contributed by atoms with Crippen LogP contribution in [-0.2, 0) is 9.53 Å². The Morgan fingerprint density at radius 2 is 2.39 bits per heavy atom. The summed E-state index contributed by atoms with van der Waals surface area (Å²) in [5, 5.41) is 6.08. The van der Waals surface area contributed by atoms with E-state index >= 15 is 0 Å². The van der Waals surface area contributed by atoms with E-state index in [4.69, 9.17) is 9.26 Å². The maximum Gasteiger partial charge on any atom is 0.279 e. The third-order valence-corrected chi connectivity index (χ3v) is 2.66. The summed E-state index contributed by atoms with van der Waals surface area (Å²) in [4.78, 5) is 15.1. The van der Waals surface area contributed by atoms with Gasteiger partial charge < -0.3 is 14.6 Å². The van der Waals surface area contributed by atoms with Crippen molar-refractivity contribution < 1.29 is 18.4 Å². The van der Waals surface area contributed by atoms with Gasteiger partial charge in [0.05, 0.1) is 6.10 Å². The topological polar surface area (TPSA) is 77.3 Å². The van der Waals surface area contributed by atoms with E-state index in [1.54, 1.807) is 6.92 Å². The summed E-state index contributed by atoms with van der Waals surface area (Å²) in [7, 11) is 0. The Bertz CT molecular complexity index is 460. The van der Waals surface area contributed by atoms with Crippen molar-refractivity contribution in [1.29, 1.82) is 0 Å². The summed E-state index contributed by atoms with van der Waals surface area (Å²) in [5.41, 5.74) is 0. The molecular weight excluding hydrogens is 241 g/mol. The Hall–Kier alpha value is -1.76. The molecule has 0 aliphatic carbocycles. The van der Waals surface area contributed by atoms with Crippen LogP contribution in [0.4, 0.5) is 4.39 Å². The summed E-state index contributed by atoms with van der Waals surface area (Å²) < 4.78 is 23.1. The molecule has 1 N–H and O–H groups in total. The third kappa shape index (κ3) is 2.92. The van der Waals surface area contributed by atoms with Crippen LogP contribution in [0.5, 0.6) is 0 Å². The molecule has 2 heterocycles. The number of halogens is 1. The molecule has 1 aromatic heterocycles. The lowest BCUT2D eigenvalue weighted by atomic mass is 10.2. The normalized spacial score (nSPS) is 23.0. The molecule has 0 aromatic carbocycles. The van der Waals surface area contributed by atoms with Gasteiger partial charge in [0, 0.05) is 6.54 Å². The van der Waals surface area contributed by atoms with Crippen molar-refractivity contribution >= 4 is 5.91 Å². The molecule has 0 saturated carbocycles. The number of hydrogen-bond donors (Lipinski definition) is 1. The van der Waals surface area contributed by atoms with Crippen molar-refractivity contribution in [3.05, 3.63) is 24.1 Å². The van der Waals surface area contributed by atoms with Gasteiger partial charge in [0.1, 0.15) is 6.10 Å². The fourth-order valence-corrected chi connectivity index (χ4v) is 1.78. The van der Waals surface area contributed by atoms with Crippen molar-refractivity contribution in [3.63, 3.8) is 0 Å². The van der Waals surface area contributed by atoms with Gasteiger partial charge in [0.2, 0.25) is 0 Å². The molecule has 7 heteroatoms. The lowest BCUT2D eigenvalue weighted by Crippen LogP contribution is -2.31. The quantitative estimate of drug-likeness (QED) is 0.818. The molecule has 1 saturated heterocycles. The number of nitrogens with one attached hydrogen (secondary N) is 1. The van der Waals surface area contributed by atoms with Crippen LogP contribution in [-0.4, -0.2) is 28.7 Å². The first-order chi connectivity index (χ1) is 8.56. The molecule has 0 radical (unpaired) electrons. The monoisotopic (exact) mass is 255 g/mol. The van der Waals surface area contributed by atoms with Gasteiger partial charge in [-0.2, -0.15) is 4.98 Å². The predicted octanol–water partition coefficient (Wildman–Crippen LogP) is 1.20. The van der Waals surface area contributed by atoms with E-state index in [1.165, 1.54) is 0 Å². The minimum absolute atomic E-state index is 0.175. The molecule has 1 aromatic rings. The van der Waals surface area contributed by atoms with Gasteiger partial charge in [-0.25, -0.2) is 4.39 Å². The van der Waals surface area contributed by atoms with E-state index in [0.717, 1.165) is 12.8 Å². The van der Waals surface area contributed by atoms with Gasteiger partial charge in [-0.15, -0.1) is 0 Å². The number of aromatic nitrogens is 2. The number of carbonyl (C=O) groups is 1. The number of amides is 1. The number of aryl methyl sites for hydroxylation is 1. The van der Waals surface area contributed by atoms with Crippen LogP contribution in [0.2, 0.25) is 0 Å². The first-order valence-corrected chi connectivity index (χ1v) is 5.64. The second-order valence-electron chi connectivity index (χ2n) is 4.12. The lowest BCUT2D eigenvalue weighted by Gasteiger charge is -2.11. The highest BCUT2D eigenvalue weighted by molar-refractivity contribution is 5.90. The molecule has 6 nitrogen and oxygen atoms in total. The number of carbonyl (C=O) groups excluding carboxylic acids is 1. The highest BCUT2D eigenvalue weighted by Gasteiger charge is 2.30. The maximum atomic E-state index is 12.4. The van der Waals surface area contributed by atoms with Crippen LogP contribution in [0, 0.1) is 6.92 Å². The highest BCUT2D eigenvalue weighted by Crippen LogP contribution is 2.31. The molecule has 18 heavy (non-hydrogen) atoms. The fraction of sp³-hybridized carbons (Fsp3) is 0.545. The van der Waals surface area contributed by atoms with Gasteiger partial charge in [-0.1, -0.05) is 11.7 Å². The van der Waals surface area contributed by atoms with Crippen molar-refractivity contribution in [1.82, 2.24) is 15.5 Å². The highest BCUT2D eigenvalue weighted by atomic mass is 19.1. The summed E-state index contributed by atoms with van der Waals surface area (Å²) in [5.74, 6) is -0.817. The first kappa shape index (κ1) is 12.7. The first-order valence-electron chi connectivity index (χ1n) is 5.64. The van der Waals surface area contributed by atoms with E-state index in [9.17, 15) is 9.18 Å². The molecule has 1 aliphatic rings. The summed E-state index contributed by atoms with van der Waals surface area (Å²) in [6.07, 6.45) is 1.05. The Balaban J connectivity index is 1.82. The fourth-order valence-electron chi connectivity index (χ4n) is 1.78. The van der Waals surface area contributed by atoms with Gasteiger partial charge in [0.25, 0.3) is 11.8 Å². The van der Waals surface area contributed by atoms with E-state index in [1.807, 2.05) is 0 Å². The van der Waals surface area contributed by atoms with Crippen LogP contribution < -0.4 is 5.32 Å². The van der Waals surface area contributed by atoms with Gasteiger partial charge in [-0.05, 0) is 19.8 Å². The Labute approximate surface area is 103 Å². The zero-order chi connectivity index (χ0) is 13.1. The average molecular weight is 255 g/mol. The van der Waals surface area contributed by atoms with Gasteiger partial charge in [-0.3, -0.25) is 4.79 Å². The van der Waals surface area contributed by atoms with E-state index < -0.39 is 11.7 Å². The van der Waals surface area contributed by atoms with E-state index in [2.05, 4.69) is 22.0 Å². The Morgan fingerprint density at radius 1 is 1.61 bits per heavy atom. The zero-order valence-corrected chi connectivity index (χ0v) is 9.98. The number of ether oxygens (including phenoxy) is 1. The predicted molar refractivity (Wildman–Crippen MR) is 59.1 cm³/mol. The Kier molecular flexibility index (Phi) is 3.71. The summed E-state index contributed by atoms with van der Waals surface area (Å²) in [6.45, 7) is 4.88. The second kappa shape index (κ2) is 5.26. The van der Waals surface area contributed by atoms with Gasteiger partial charge in [0.15, 0.2) is 11.7 Å². The van der Waals surface area contributed by atoms with Crippen LogP contribution in [0.15, 0.2) is 16.9 Å². The summed E-state index contributed by atoms with van der Waals surface area (Å²) in [6, 6.07) is 0. The lowest BCUT2D eigenvalue weighted by molar-refractivity contribution is -0.119. The average Bonchev–Trinajstić information content (AvgIpc) is 2.94. The summed E-state index contributed by atoms with van der Waals surface area (Å²) >= 11 is 0. The second-order valence-corrected chi connectivity index (χ2v) is 4.12. The van der Waals surface area contributed by atoms with Crippen molar-refractivity contribution in [3.8, 4) is 0 Å². The largest absolute Gasteiger partial charge is 0.363 e. The molecule has 1 amide bonds. The SMILES string of the molecule is C=C(F)C(=O)NC[C@H]1CC[C@@H](c2nc(C)no2)O1. The number of hydrogen-bond acceptors (Lipinski definition) is 5. The smallest absolute Gasteiger partial charge is 0.279 e. The van der Waals surface area contributed by atoms with Crippen LogP contribution in [0.25, 0.3) is 0 Å². The molecule has 2 atom stereocenters. The molecule has 98 valence electrons. The zero-order valence-electron chi connectivity index (χ0n) is 9.98. The Morgan fingerprint density at radius 3 is 3.00 bits per heavy atom. The molecule has 0 bridgehead atoms. The number of rotatable bonds is 4. The van der Waals surface area contributed by atoms with Crippen LogP contribution in [0.3, 0.4) is 0 Å². The van der Waals surface area contributed by atoms with Crippen molar-refractivity contribution in [2.45, 2.75) is 32.0 Å². The number of nitrogens with zero attached hydrogens (tertiary/aromatic N) is 2. The molecule has 1 fully saturated rings. The minimum Gasteiger partial charge on any atom is -0.363 e. The van der Waals surface area contributed by atoms with Crippen molar-refractivity contribution in [2.24, 2.45) is 0 Å². The van der Waals surface area contributed by atoms with Crippen molar-refractivity contribution in [2.75, 3.05) is 6.54 Å². The van der Waals surface area contributed by atoms with Gasteiger partial charge >= 0.3 is 0 Å². The molecule has 2 rings (SSSR count). The molecule has 1 aliphatic heterocycles. The molecule has 0 spiro atoms. The third-order valence-electron chi connectivity index (χ3n) is 2.66. The van der Waals surface area contributed by atoms with E-state index in [-0.39, 0.29) is 18.8 Å². The van der Waals surface area contributed by atoms with E-state index in [0.29, 0.717) is 11.7 Å². The van der Waals surface area contributed by atoms with Crippen LogP contribution in [0.1, 0.15) is 30.7 Å².